The molecular weight excluding hydrogens is 318 g/mol. The van der Waals surface area contributed by atoms with Gasteiger partial charge >= 0.3 is 0 Å². The molecular formula is C15H10ClN5O2. The SMILES string of the molecule is N#Cc1nc(NC(=O)[C@@H]2COc3ccc(Cl)cc3C2)[nH]c1C#N. The number of aromatic nitrogens is 2. The number of carbonyl (C=O) groups is 1. The number of ether oxygens (including phenoxy) is 1. The molecule has 0 unspecified atom stereocenters. The molecule has 0 fully saturated rings. The van der Waals surface area contributed by atoms with E-state index < -0.39 is 5.92 Å². The van der Waals surface area contributed by atoms with Crippen molar-refractivity contribution in [2.24, 2.45) is 5.92 Å². The van der Waals surface area contributed by atoms with Crippen molar-refractivity contribution >= 4 is 23.5 Å². The average Bonchev–Trinajstić information content (AvgIpc) is 2.96. The predicted molar refractivity (Wildman–Crippen MR) is 80.8 cm³/mol. The number of hydrogen-bond donors (Lipinski definition) is 2. The molecule has 1 atom stereocenters. The van der Waals surface area contributed by atoms with Crippen molar-refractivity contribution in [3.05, 3.63) is 40.2 Å². The molecule has 2 heterocycles. The molecule has 2 aromatic rings. The summed E-state index contributed by atoms with van der Waals surface area (Å²) in [7, 11) is 0. The lowest BCUT2D eigenvalue weighted by Crippen LogP contribution is -2.32. The molecule has 1 aromatic carbocycles. The van der Waals surface area contributed by atoms with Crippen LogP contribution in [0.2, 0.25) is 5.02 Å². The van der Waals surface area contributed by atoms with Crippen LogP contribution in [0.1, 0.15) is 17.0 Å². The molecule has 0 spiro atoms. The number of amides is 1. The average molecular weight is 328 g/mol. The third-order valence-corrected chi connectivity index (χ3v) is 3.70. The molecule has 0 saturated carbocycles. The van der Waals surface area contributed by atoms with Gasteiger partial charge in [0.05, 0.1) is 5.92 Å². The Morgan fingerprint density at radius 1 is 1.43 bits per heavy atom. The highest BCUT2D eigenvalue weighted by molar-refractivity contribution is 6.30. The smallest absolute Gasteiger partial charge is 0.233 e. The highest BCUT2D eigenvalue weighted by atomic mass is 35.5. The van der Waals surface area contributed by atoms with Crippen LogP contribution in [0.3, 0.4) is 0 Å². The van der Waals surface area contributed by atoms with Gasteiger partial charge in [-0.3, -0.25) is 10.1 Å². The molecule has 0 bridgehead atoms. The van der Waals surface area contributed by atoms with Crippen molar-refractivity contribution in [3.8, 4) is 17.9 Å². The molecule has 1 aliphatic rings. The number of benzene rings is 1. The molecule has 3 rings (SSSR count). The highest BCUT2D eigenvalue weighted by Crippen LogP contribution is 2.30. The lowest BCUT2D eigenvalue weighted by Gasteiger charge is -2.24. The number of halogens is 1. The first-order valence-corrected chi connectivity index (χ1v) is 7.11. The van der Waals surface area contributed by atoms with Gasteiger partial charge in [0.2, 0.25) is 11.9 Å². The topological polar surface area (TPSA) is 115 Å². The molecule has 7 nitrogen and oxygen atoms in total. The number of nitrogens with one attached hydrogen (secondary N) is 2. The van der Waals surface area contributed by atoms with E-state index in [0.717, 1.165) is 11.3 Å². The molecule has 23 heavy (non-hydrogen) atoms. The summed E-state index contributed by atoms with van der Waals surface area (Å²) in [5, 5.41) is 20.9. The molecule has 8 heteroatoms. The molecule has 1 aliphatic heterocycles. The Hall–Kier alpha value is -3.03. The summed E-state index contributed by atoms with van der Waals surface area (Å²) in [5.41, 5.74) is 0.818. The van der Waals surface area contributed by atoms with Gasteiger partial charge in [-0.05, 0) is 30.2 Å². The number of hydrogen-bond acceptors (Lipinski definition) is 5. The summed E-state index contributed by atoms with van der Waals surface area (Å²) in [6.45, 7) is 0.234. The predicted octanol–water partition coefficient (Wildman–Crippen LogP) is 2.00. The molecule has 0 aliphatic carbocycles. The Bertz CT molecular complexity index is 830. The van der Waals surface area contributed by atoms with Gasteiger partial charge in [-0.25, -0.2) is 4.98 Å². The normalized spacial score (nSPS) is 15.7. The second-order valence-corrected chi connectivity index (χ2v) is 5.42. The van der Waals surface area contributed by atoms with Crippen LogP contribution in [0, 0.1) is 28.6 Å². The first-order valence-electron chi connectivity index (χ1n) is 6.73. The fraction of sp³-hybridized carbons (Fsp3) is 0.200. The second-order valence-electron chi connectivity index (χ2n) is 4.99. The molecule has 114 valence electrons. The van der Waals surface area contributed by atoms with Crippen molar-refractivity contribution in [3.63, 3.8) is 0 Å². The number of nitriles is 2. The van der Waals surface area contributed by atoms with Crippen LogP contribution in [0.25, 0.3) is 0 Å². The Kier molecular flexibility index (Phi) is 3.88. The van der Waals surface area contributed by atoms with Gasteiger partial charge in [-0.15, -0.1) is 0 Å². The largest absolute Gasteiger partial charge is 0.492 e. The van der Waals surface area contributed by atoms with E-state index in [1.54, 1.807) is 24.3 Å². The summed E-state index contributed by atoms with van der Waals surface area (Å²) < 4.78 is 5.57. The maximum absolute atomic E-state index is 12.3. The summed E-state index contributed by atoms with van der Waals surface area (Å²) in [6.07, 6.45) is 0.485. The van der Waals surface area contributed by atoms with E-state index in [-0.39, 0.29) is 29.9 Å². The minimum Gasteiger partial charge on any atom is -0.492 e. The fourth-order valence-corrected chi connectivity index (χ4v) is 2.54. The number of H-pyrrole nitrogens is 1. The van der Waals surface area contributed by atoms with Crippen LogP contribution in [0.4, 0.5) is 5.95 Å². The van der Waals surface area contributed by atoms with Crippen LogP contribution in [0.5, 0.6) is 5.75 Å². The zero-order valence-electron chi connectivity index (χ0n) is 11.8. The minimum absolute atomic E-state index is 0.0137. The Labute approximate surface area is 136 Å². The van der Waals surface area contributed by atoms with Gasteiger partial charge in [0.1, 0.15) is 24.5 Å². The van der Waals surface area contributed by atoms with Crippen LogP contribution in [-0.4, -0.2) is 22.5 Å². The fourth-order valence-electron chi connectivity index (χ4n) is 2.34. The summed E-state index contributed by atoms with van der Waals surface area (Å²) >= 11 is 5.95. The second kappa shape index (κ2) is 5.99. The standard InChI is InChI=1S/C15H10ClN5O2/c16-10-1-2-13-8(4-10)3-9(7-23-13)14(22)21-15-19-11(5-17)12(6-18)20-15/h1-2,4,9H,3,7H2,(H2,19,20,21,22)/t9-/m0/s1. The van der Waals surface area contributed by atoms with Crippen LogP contribution < -0.4 is 10.1 Å². The summed E-state index contributed by atoms with van der Waals surface area (Å²) in [6, 6.07) is 8.87. The van der Waals surface area contributed by atoms with Gasteiger partial charge in [-0.1, -0.05) is 11.6 Å². The Balaban J connectivity index is 1.74. The van der Waals surface area contributed by atoms with Crippen LogP contribution in [0.15, 0.2) is 18.2 Å². The van der Waals surface area contributed by atoms with Crippen molar-refractivity contribution in [2.75, 3.05) is 11.9 Å². The zero-order chi connectivity index (χ0) is 16.4. The van der Waals surface area contributed by atoms with Gasteiger partial charge < -0.3 is 9.72 Å². The van der Waals surface area contributed by atoms with Gasteiger partial charge in [0.15, 0.2) is 11.4 Å². The van der Waals surface area contributed by atoms with Crippen molar-refractivity contribution in [2.45, 2.75) is 6.42 Å². The number of nitrogens with zero attached hydrogens (tertiary/aromatic N) is 3. The summed E-state index contributed by atoms with van der Waals surface area (Å²) in [5.74, 6) is 0.0652. The Morgan fingerprint density at radius 2 is 2.26 bits per heavy atom. The first kappa shape index (κ1) is 14.9. The van der Waals surface area contributed by atoms with E-state index in [2.05, 4.69) is 15.3 Å². The molecule has 2 N–H and O–H groups in total. The minimum atomic E-state index is -0.415. The maximum atomic E-state index is 12.3. The van der Waals surface area contributed by atoms with E-state index in [0.29, 0.717) is 11.4 Å². The molecule has 1 amide bonds. The van der Waals surface area contributed by atoms with Crippen molar-refractivity contribution in [1.82, 2.24) is 9.97 Å². The van der Waals surface area contributed by atoms with E-state index in [1.165, 1.54) is 0 Å². The molecule has 0 radical (unpaired) electrons. The Morgan fingerprint density at radius 3 is 2.96 bits per heavy atom. The van der Waals surface area contributed by atoms with Gasteiger partial charge in [0.25, 0.3) is 0 Å². The lowest BCUT2D eigenvalue weighted by atomic mass is 9.96. The van der Waals surface area contributed by atoms with E-state index in [1.807, 2.05) is 6.07 Å². The summed E-state index contributed by atoms with van der Waals surface area (Å²) in [4.78, 5) is 18.8. The first-order chi connectivity index (χ1) is 11.1. The number of carbonyl (C=O) groups excluding carboxylic acids is 1. The zero-order valence-corrected chi connectivity index (χ0v) is 12.5. The van der Waals surface area contributed by atoms with Gasteiger partial charge in [0, 0.05) is 5.02 Å². The third-order valence-electron chi connectivity index (χ3n) is 3.46. The van der Waals surface area contributed by atoms with E-state index in [9.17, 15) is 4.79 Å². The highest BCUT2D eigenvalue weighted by Gasteiger charge is 2.27. The number of rotatable bonds is 2. The van der Waals surface area contributed by atoms with Crippen LogP contribution in [-0.2, 0) is 11.2 Å². The number of anilines is 1. The van der Waals surface area contributed by atoms with E-state index >= 15 is 0 Å². The molecule has 0 saturated heterocycles. The van der Waals surface area contributed by atoms with E-state index in [4.69, 9.17) is 26.9 Å². The maximum Gasteiger partial charge on any atom is 0.233 e. The van der Waals surface area contributed by atoms with Crippen molar-refractivity contribution < 1.29 is 9.53 Å². The molecule has 1 aromatic heterocycles. The number of fused-ring (bicyclic) bond motifs is 1. The number of imidazole rings is 1. The van der Waals surface area contributed by atoms with Gasteiger partial charge in [-0.2, -0.15) is 10.5 Å². The van der Waals surface area contributed by atoms with Crippen molar-refractivity contribution in [1.29, 1.82) is 10.5 Å². The monoisotopic (exact) mass is 327 g/mol. The third kappa shape index (κ3) is 2.96. The quantitative estimate of drug-likeness (QED) is 0.875. The lowest BCUT2D eigenvalue weighted by molar-refractivity contribution is -0.121. The number of aromatic amines is 1. The van der Waals surface area contributed by atoms with Crippen LogP contribution >= 0.6 is 11.6 Å².